The van der Waals surface area contributed by atoms with Gasteiger partial charge in [-0.25, -0.2) is 0 Å². The summed E-state index contributed by atoms with van der Waals surface area (Å²) >= 11 is 7.67. The van der Waals surface area contributed by atoms with E-state index in [0.717, 1.165) is 17.7 Å². The van der Waals surface area contributed by atoms with Gasteiger partial charge in [0.1, 0.15) is 11.9 Å². The maximum atomic E-state index is 6.18. The molecule has 0 saturated heterocycles. The second-order valence-electron chi connectivity index (χ2n) is 4.15. The lowest BCUT2D eigenvalue weighted by Crippen LogP contribution is -2.23. The van der Waals surface area contributed by atoms with Crippen molar-refractivity contribution in [1.82, 2.24) is 0 Å². The van der Waals surface area contributed by atoms with Crippen molar-refractivity contribution in [1.29, 1.82) is 0 Å². The van der Waals surface area contributed by atoms with Gasteiger partial charge in [0.2, 0.25) is 0 Å². The van der Waals surface area contributed by atoms with Crippen LogP contribution in [0.1, 0.15) is 29.0 Å². The van der Waals surface area contributed by atoms with Gasteiger partial charge in [0.15, 0.2) is 0 Å². The van der Waals surface area contributed by atoms with Gasteiger partial charge in [-0.15, -0.1) is 11.3 Å². The minimum absolute atomic E-state index is 0.00968. The van der Waals surface area contributed by atoms with E-state index in [-0.39, 0.29) is 12.1 Å². The molecule has 1 aromatic carbocycles. The normalized spacial score (nSPS) is 22.9. The van der Waals surface area contributed by atoms with Gasteiger partial charge in [-0.2, -0.15) is 0 Å². The van der Waals surface area contributed by atoms with E-state index in [4.69, 9.17) is 22.1 Å². The lowest BCUT2D eigenvalue weighted by atomic mass is 9.97. The van der Waals surface area contributed by atoms with Crippen LogP contribution in [0.25, 0.3) is 0 Å². The van der Waals surface area contributed by atoms with Crippen LogP contribution >= 0.6 is 22.9 Å². The molecule has 17 heavy (non-hydrogen) atoms. The number of fused-ring (bicyclic) bond motifs is 1. The second-order valence-corrected chi connectivity index (χ2v) is 5.56. The zero-order valence-corrected chi connectivity index (χ0v) is 10.7. The fourth-order valence-corrected chi connectivity index (χ4v) is 3.07. The number of benzene rings is 1. The molecular weight excluding hydrogens is 254 g/mol. The zero-order chi connectivity index (χ0) is 11.8. The van der Waals surface area contributed by atoms with Crippen molar-refractivity contribution < 1.29 is 4.74 Å². The predicted octanol–water partition coefficient (Wildman–Crippen LogP) is 3.93. The Hall–Kier alpha value is -1.03. The van der Waals surface area contributed by atoms with Gasteiger partial charge in [0.05, 0.1) is 0 Å². The van der Waals surface area contributed by atoms with Crippen molar-refractivity contribution >= 4 is 22.9 Å². The zero-order valence-electron chi connectivity index (χ0n) is 9.10. The van der Waals surface area contributed by atoms with Gasteiger partial charge in [0, 0.05) is 27.9 Å². The van der Waals surface area contributed by atoms with Crippen LogP contribution in [0, 0.1) is 0 Å². The average molecular weight is 266 g/mol. The number of nitrogens with two attached hydrogens (primary N) is 1. The highest BCUT2D eigenvalue weighted by Gasteiger charge is 2.27. The van der Waals surface area contributed by atoms with Crippen LogP contribution in [-0.4, -0.2) is 0 Å². The van der Waals surface area contributed by atoms with E-state index in [9.17, 15) is 0 Å². The topological polar surface area (TPSA) is 35.2 Å². The molecule has 0 amide bonds. The summed E-state index contributed by atoms with van der Waals surface area (Å²) in [5.74, 6) is 0.853. The molecule has 2 atom stereocenters. The van der Waals surface area contributed by atoms with Crippen molar-refractivity contribution in [3.8, 4) is 5.75 Å². The molecule has 88 valence electrons. The molecule has 3 rings (SSSR count). The Labute approximate surface area is 109 Å². The monoisotopic (exact) mass is 265 g/mol. The van der Waals surface area contributed by atoms with E-state index in [1.54, 1.807) is 11.3 Å². The first kappa shape index (κ1) is 11.1. The first-order valence-electron chi connectivity index (χ1n) is 5.49. The molecule has 2 heterocycles. The van der Waals surface area contributed by atoms with Crippen LogP contribution in [-0.2, 0) is 0 Å². The quantitative estimate of drug-likeness (QED) is 0.848. The molecule has 1 aromatic heterocycles. The summed E-state index contributed by atoms with van der Waals surface area (Å²) in [4.78, 5) is 1.22. The number of hydrogen-bond acceptors (Lipinski definition) is 3. The van der Waals surface area contributed by atoms with E-state index in [0.29, 0.717) is 5.02 Å². The Morgan fingerprint density at radius 1 is 1.35 bits per heavy atom. The van der Waals surface area contributed by atoms with Gasteiger partial charge < -0.3 is 10.5 Å². The third-order valence-corrected chi connectivity index (χ3v) is 4.17. The van der Waals surface area contributed by atoms with Crippen molar-refractivity contribution in [3.63, 3.8) is 0 Å². The number of halogens is 1. The van der Waals surface area contributed by atoms with E-state index < -0.39 is 0 Å². The molecule has 0 bridgehead atoms. The van der Waals surface area contributed by atoms with E-state index in [1.807, 2.05) is 24.3 Å². The van der Waals surface area contributed by atoms with Crippen molar-refractivity contribution in [2.24, 2.45) is 5.73 Å². The van der Waals surface area contributed by atoms with Crippen molar-refractivity contribution in [2.45, 2.75) is 18.6 Å². The van der Waals surface area contributed by atoms with Gasteiger partial charge in [-0.05, 0) is 29.6 Å². The molecule has 1 unspecified atom stereocenters. The lowest BCUT2D eigenvalue weighted by molar-refractivity contribution is 0.165. The number of thiophene rings is 1. The molecule has 2 nitrogen and oxygen atoms in total. The van der Waals surface area contributed by atoms with E-state index in [1.165, 1.54) is 4.88 Å². The molecule has 0 fully saturated rings. The van der Waals surface area contributed by atoms with Gasteiger partial charge in [-0.1, -0.05) is 17.7 Å². The third-order valence-electron chi connectivity index (χ3n) is 2.97. The Morgan fingerprint density at radius 3 is 3.00 bits per heavy atom. The van der Waals surface area contributed by atoms with Gasteiger partial charge >= 0.3 is 0 Å². The summed E-state index contributed by atoms with van der Waals surface area (Å²) < 4.78 is 5.97. The van der Waals surface area contributed by atoms with Crippen LogP contribution in [0.15, 0.2) is 35.7 Å². The minimum atomic E-state index is -0.00968. The molecule has 0 radical (unpaired) electrons. The first-order valence-corrected chi connectivity index (χ1v) is 6.75. The van der Waals surface area contributed by atoms with Gasteiger partial charge in [-0.3, -0.25) is 0 Å². The summed E-state index contributed by atoms with van der Waals surface area (Å²) in [5.41, 5.74) is 7.18. The molecule has 4 heteroatoms. The number of rotatable bonds is 1. The maximum Gasteiger partial charge on any atom is 0.135 e. The molecular formula is C13H12ClNOS. The highest BCUT2D eigenvalue weighted by atomic mass is 35.5. The first-order chi connectivity index (χ1) is 8.24. The summed E-state index contributed by atoms with van der Waals surface area (Å²) in [5, 5.41) is 2.76. The molecule has 1 aliphatic heterocycles. The summed E-state index contributed by atoms with van der Waals surface area (Å²) in [6.07, 6.45) is 0.868. The summed E-state index contributed by atoms with van der Waals surface area (Å²) in [7, 11) is 0. The number of hydrogen-bond donors (Lipinski definition) is 1. The molecule has 2 N–H and O–H groups in total. The Bertz CT molecular complexity index is 526. The lowest BCUT2D eigenvalue weighted by Gasteiger charge is -2.29. The van der Waals surface area contributed by atoms with Crippen LogP contribution in [0.3, 0.4) is 0 Å². The fraction of sp³-hybridized carbons (Fsp3) is 0.231. The molecule has 0 saturated carbocycles. The van der Waals surface area contributed by atoms with Crippen molar-refractivity contribution in [2.75, 3.05) is 0 Å². The largest absolute Gasteiger partial charge is 0.484 e. The van der Waals surface area contributed by atoms with Gasteiger partial charge in [0.25, 0.3) is 0 Å². The van der Waals surface area contributed by atoms with Crippen LogP contribution in [0.2, 0.25) is 5.02 Å². The summed E-state index contributed by atoms with van der Waals surface area (Å²) in [6.45, 7) is 0. The smallest absolute Gasteiger partial charge is 0.135 e. The highest BCUT2D eigenvalue weighted by molar-refractivity contribution is 7.10. The summed E-state index contributed by atoms with van der Waals surface area (Å²) in [6, 6.07) is 9.74. The van der Waals surface area contributed by atoms with E-state index in [2.05, 4.69) is 11.4 Å². The average Bonchev–Trinajstić information content (AvgIpc) is 2.83. The van der Waals surface area contributed by atoms with Crippen LogP contribution in [0.5, 0.6) is 5.75 Å². The van der Waals surface area contributed by atoms with Crippen LogP contribution < -0.4 is 10.5 Å². The Kier molecular flexibility index (Phi) is 2.82. The molecule has 2 aromatic rings. The minimum Gasteiger partial charge on any atom is -0.484 e. The molecule has 1 aliphatic rings. The Morgan fingerprint density at radius 2 is 2.24 bits per heavy atom. The standard InChI is InChI=1S/C13H12ClNOS/c14-8-3-4-11-9(6-8)10(15)7-12(16-11)13-2-1-5-17-13/h1-6,10,12H,7,15H2/t10-,12?/m1/s1. The Balaban J connectivity index is 1.96. The van der Waals surface area contributed by atoms with Crippen LogP contribution in [0.4, 0.5) is 0 Å². The fourth-order valence-electron chi connectivity index (χ4n) is 2.12. The second kappa shape index (κ2) is 4.33. The van der Waals surface area contributed by atoms with Crippen molar-refractivity contribution in [3.05, 3.63) is 51.2 Å². The molecule has 0 aliphatic carbocycles. The predicted molar refractivity (Wildman–Crippen MR) is 70.7 cm³/mol. The molecule has 0 spiro atoms. The third kappa shape index (κ3) is 2.06. The maximum absolute atomic E-state index is 6.18. The highest BCUT2D eigenvalue weighted by Crippen LogP contribution is 2.41. The number of ether oxygens (including phenoxy) is 1. The van der Waals surface area contributed by atoms with E-state index >= 15 is 0 Å². The SMILES string of the molecule is N[C@@H]1CC(c2cccs2)Oc2ccc(Cl)cc21.